The summed E-state index contributed by atoms with van der Waals surface area (Å²) >= 11 is 0. The minimum absolute atomic E-state index is 0.0659. The molecule has 3 fully saturated rings. The van der Waals surface area contributed by atoms with Gasteiger partial charge in [0.25, 0.3) is 0 Å². The van der Waals surface area contributed by atoms with Gasteiger partial charge in [-0.15, -0.1) is 0 Å². The molecule has 0 radical (unpaired) electrons. The second-order valence-electron chi connectivity index (χ2n) is 11.9. The van der Waals surface area contributed by atoms with Gasteiger partial charge in [0.05, 0.1) is 11.1 Å². The van der Waals surface area contributed by atoms with Crippen molar-refractivity contribution in [2.24, 2.45) is 34.5 Å². The lowest BCUT2D eigenvalue weighted by atomic mass is 9.47. The maximum absolute atomic E-state index is 13.6. The van der Waals surface area contributed by atoms with Crippen LogP contribution >= 0.6 is 0 Å². The van der Waals surface area contributed by atoms with Crippen LogP contribution < -0.4 is 5.32 Å². The van der Waals surface area contributed by atoms with Crippen LogP contribution in [-0.2, 0) is 28.4 Å². The van der Waals surface area contributed by atoms with E-state index in [9.17, 15) is 35.9 Å². The Hall–Kier alpha value is -2.32. The number of carbonyl (C=O) groups is 2. The molecule has 1 heterocycles. The topological polar surface area (TPSA) is 46.2 Å². The summed E-state index contributed by atoms with van der Waals surface area (Å²) in [4.78, 5) is 25.4. The van der Waals surface area contributed by atoms with E-state index in [-0.39, 0.29) is 23.3 Å². The molecule has 9 heteroatoms. The molecule has 1 amide bonds. The van der Waals surface area contributed by atoms with Crippen molar-refractivity contribution >= 4 is 11.7 Å². The average Bonchev–Trinajstić information content (AvgIpc) is 3.15. The van der Waals surface area contributed by atoms with Crippen molar-refractivity contribution < 1.29 is 35.9 Å². The predicted octanol–water partition coefficient (Wildman–Crippen LogP) is 6.75. The van der Waals surface area contributed by atoms with Gasteiger partial charge in [0.15, 0.2) is 0 Å². The Bertz CT molecular complexity index is 1140. The summed E-state index contributed by atoms with van der Waals surface area (Å²) in [6.45, 7) is 4.23. The molecular formula is C28H31F6NO2. The fraction of sp³-hybridized carbons (Fsp3) is 0.643. The summed E-state index contributed by atoms with van der Waals surface area (Å²) in [5.41, 5.74) is -3.56. The third-order valence-electron chi connectivity index (χ3n) is 10.2. The summed E-state index contributed by atoms with van der Waals surface area (Å²) in [5.74, 6) is -0.0974. The predicted molar refractivity (Wildman–Crippen MR) is 124 cm³/mol. The number of hydrogen-bond acceptors (Lipinski definition) is 2. The van der Waals surface area contributed by atoms with Crippen molar-refractivity contribution in [3.63, 3.8) is 0 Å². The number of hydrogen-bond donors (Lipinski definition) is 1. The summed E-state index contributed by atoms with van der Waals surface area (Å²) in [6, 6.07) is 1.41. The summed E-state index contributed by atoms with van der Waals surface area (Å²) in [7, 11) is 0. The molecule has 0 saturated heterocycles. The number of rotatable bonds is 3. The molecule has 37 heavy (non-hydrogen) atoms. The molecule has 0 spiro atoms. The standard InChI is InChI=1S/C28H31F6NO2/c1-25-11-9-20-17(4-8-23-26(20,2)12-10-24(37)35-23)19(25)6-7-21(25)22(36)14-15-13-16(27(29,30)31)3-5-18(15)28(32,33)34/h3,5,10,12-13,17,19-21,23H,4,6-9,11,14H2,1-2H3,(H,35,37)/t17-,19-,20-,21+,23+,25-,26+/m0/s1. The lowest BCUT2D eigenvalue weighted by molar-refractivity contribution is -0.142. The van der Waals surface area contributed by atoms with E-state index < -0.39 is 52.6 Å². The van der Waals surface area contributed by atoms with Crippen molar-refractivity contribution in [3.05, 3.63) is 47.0 Å². The van der Waals surface area contributed by atoms with Crippen molar-refractivity contribution in [2.45, 2.75) is 77.2 Å². The third-order valence-corrected chi connectivity index (χ3v) is 10.2. The van der Waals surface area contributed by atoms with E-state index in [4.69, 9.17) is 0 Å². The molecule has 0 aromatic heterocycles. The van der Waals surface area contributed by atoms with E-state index in [2.05, 4.69) is 12.2 Å². The van der Waals surface area contributed by atoms with E-state index in [0.717, 1.165) is 32.1 Å². The monoisotopic (exact) mass is 527 g/mol. The molecule has 1 aromatic carbocycles. The van der Waals surface area contributed by atoms with Gasteiger partial charge in [-0.2, -0.15) is 26.3 Å². The first-order valence-electron chi connectivity index (χ1n) is 12.9. The lowest BCUT2D eigenvalue weighted by Crippen LogP contribution is -2.59. The Morgan fingerprint density at radius 1 is 0.973 bits per heavy atom. The molecule has 5 rings (SSSR count). The molecule has 3 saturated carbocycles. The van der Waals surface area contributed by atoms with E-state index in [1.807, 2.05) is 13.0 Å². The normalized spacial score (nSPS) is 37.4. The second-order valence-corrected chi connectivity index (χ2v) is 11.9. The van der Waals surface area contributed by atoms with Crippen LogP contribution in [0.25, 0.3) is 0 Å². The van der Waals surface area contributed by atoms with Crippen LogP contribution in [0.4, 0.5) is 26.3 Å². The second kappa shape index (κ2) is 8.60. The van der Waals surface area contributed by atoms with Gasteiger partial charge in [0.2, 0.25) is 5.91 Å². The highest BCUT2D eigenvalue weighted by Crippen LogP contribution is 2.65. The summed E-state index contributed by atoms with van der Waals surface area (Å²) in [6.07, 6.45) is -2.06. The zero-order valence-corrected chi connectivity index (χ0v) is 20.8. The van der Waals surface area contributed by atoms with Crippen LogP contribution in [0.15, 0.2) is 30.4 Å². The number of amides is 1. The van der Waals surface area contributed by atoms with Crippen LogP contribution in [-0.4, -0.2) is 17.7 Å². The van der Waals surface area contributed by atoms with Gasteiger partial charge in [0.1, 0.15) is 5.78 Å². The first-order chi connectivity index (χ1) is 17.1. The Labute approximate surface area is 212 Å². The third kappa shape index (κ3) is 4.30. The first-order valence-corrected chi connectivity index (χ1v) is 12.9. The smallest absolute Gasteiger partial charge is 0.349 e. The van der Waals surface area contributed by atoms with Gasteiger partial charge in [0, 0.05) is 23.8 Å². The maximum Gasteiger partial charge on any atom is 0.416 e. The quantitative estimate of drug-likeness (QED) is 0.442. The molecule has 0 unspecified atom stereocenters. The number of benzene rings is 1. The summed E-state index contributed by atoms with van der Waals surface area (Å²) < 4.78 is 80.6. The Morgan fingerprint density at radius 2 is 1.70 bits per heavy atom. The first kappa shape index (κ1) is 26.3. The van der Waals surface area contributed by atoms with Crippen LogP contribution in [0.1, 0.15) is 69.1 Å². The molecule has 3 aliphatic carbocycles. The number of nitrogens with one attached hydrogen (secondary N) is 1. The fourth-order valence-electron chi connectivity index (χ4n) is 8.37. The van der Waals surface area contributed by atoms with Crippen LogP contribution in [0.3, 0.4) is 0 Å². The van der Waals surface area contributed by atoms with Crippen molar-refractivity contribution in [2.75, 3.05) is 0 Å². The van der Waals surface area contributed by atoms with E-state index in [0.29, 0.717) is 36.5 Å². The van der Waals surface area contributed by atoms with Crippen LogP contribution in [0, 0.1) is 34.5 Å². The van der Waals surface area contributed by atoms with Crippen molar-refractivity contribution in [1.82, 2.24) is 5.32 Å². The molecule has 1 aliphatic heterocycles. The van der Waals surface area contributed by atoms with Gasteiger partial charge < -0.3 is 5.32 Å². The van der Waals surface area contributed by atoms with Crippen LogP contribution in [0.2, 0.25) is 0 Å². The molecule has 7 atom stereocenters. The summed E-state index contributed by atoms with van der Waals surface area (Å²) in [5, 5.41) is 3.10. The molecular weight excluding hydrogens is 496 g/mol. The van der Waals surface area contributed by atoms with Gasteiger partial charge >= 0.3 is 12.4 Å². The van der Waals surface area contributed by atoms with Crippen molar-refractivity contribution in [1.29, 1.82) is 0 Å². The highest BCUT2D eigenvalue weighted by atomic mass is 19.4. The van der Waals surface area contributed by atoms with E-state index in [1.165, 1.54) is 0 Å². The number of halogens is 6. The zero-order chi connectivity index (χ0) is 27.0. The van der Waals surface area contributed by atoms with Gasteiger partial charge in [-0.3, -0.25) is 9.59 Å². The maximum atomic E-state index is 13.6. The molecule has 4 aliphatic rings. The number of carbonyl (C=O) groups excluding carboxylic acids is 2. The van der Waals surface area contributed by atoms with Crippen molar-refractivity contribution in [3.8, 4) is 0 Å². The molecule has 3 nitrogen and oxygen atoms in total. The minimum atomic E-state index is -4.85. The fourth-order valence-corrected chi connectivity index (χ4v) is 8.37. The molecule has 0 bridgehead atoms. The van der Waals surface area contributed by atoms with Gasteiger partial charge in [-0.1, -0.05) is 19.9 Å². The van der Waals surface area contributed by atoms with E-state index in [1.54, 1.807) is 6.08 Å². The molecule has 1 aromatic rings. The minimum Gasteiger partial charge on any atom is -0.349 e. The van der Waals surface area contributed by atoms with Gasteiger partial charge in [-0.25, -0.2) is 0 Å². The highest BCUT2D eigenvalue weighted by molar-refractivity contribution is 5.89. The number of fused-ring (bicyclic) bond motifs is 5. The Balaban J connectivity index is 1.40. The molecule has 202 valence electrons. The SMILES string of the molecule is C[C@]12C=CC(=O)N[C@@H]1CC[C@@H]1[C@@H]2CC[C@]2(C)[C@@H](C(=O)Cc3cc(C(F)(F)F)ccc3C(F)(F)F)CC[C@@H]12. The number of alkyl halides is 6. The zero-order valence-electron chi connectivity index (χ0n) is 20.8. The Morgan fingerprint density at radius 3 is 2.38 bits per heavy atom. The number of ketones is 1. The van der Waals surface area contributed by atoms with E-state index >= 15 is 0 Å². The van der Waals surface area contributed by atoms with Gasteiger partial charge in [-0.05, 0) is 91.5 Å². The average molecular weight is 528 g/mol. The lowest BCUT2D eigenvalue weighted by Gasteiger charge is -2.58. The van der Waals surface area contributed by atoms with Crippen LogP contribution in [0.5, 0.6) is 0 Å². The number of Topliss-reactive ketones (excluding diaryl/α,β-unsaturated/α-hetero) is 1. The molecule has 1 N–H and O–H groups in total. The largest absolute Gasteiger partial charge is 0.416 e. The highest BCUT2D eigenvalue weighted by Gasteiger charge is 2.60. The Kier molecular flexibility index (Phi) is 6.11.